The van der Waals surface area contributed by atoms with Gasteiger partial charge in [0.1, 0.15) is 6.33 Å². The Morgan fingerprint density at radius 3 is 2.41 bits per heavy atom. The largest absolute Gasteiger partial charge is 0.277 e. The second kappa shape index (κ2) is 7.09. The molecule has 0 N–H and O–H groups in total. The maximum absolute atomic E-state index is 4.28. The molecular formula is C18H17N3S. The molecule has 0 fully saturated rings. The molecule has 0 bridgehead atoms. The van der Waals surface area contributed by atoms with Gasteiger partial charge < -0.3 is 0 Å². The predicted octanol–water partition coefficient (Wildman–Crippen LogP) is 4.68. The van der Waals surface area contributed by atoms with Gasteiger partial charge in [0.15, 0.2) is 5.16 Å². The van der Waals surface area contributed by atoms with Crippen molar-refractivity contribution in [3.8, 4) is 5.69 Å². The first kappa shape index (κ1) is 14.6. The van der Waals surface area contributed by atoms with E-state index in [0.717, 1.165) is 17.3 Å². The van der Waals surface area contributed by atoms with E-state index in [1.165, 1.54) is 5.56 Å². The highest BCUT2D eigenvalue weighted by atomic mass is 32.2. The number of nitrogens with zero attached hydrogens (tertiary/aromatic N) is 3. The van der Waals surface area contributed by atoms with Crippen LogP contribution in [0.4, 0.5) is 0 Å². The SMILES string of the molecule is C=CCC(Sc1nncn1-c1ccccc1)c1ccccc1. The van der Waals surface area contributed by atoms with Gasteiger partial charge in [0, 0.05) is 10.9 Å². The molecule has 3 rings (SSSR count). The summed E-state index contributed by atoms with van der Waals surface area (Å²) in [5, 5.41) is 9.53. The summed E-state index contributed by atoms with van der Waals surface area (Å²) in [6.45, 7) is 3.88. The molecule has 3 nitrogen and oxygen atoms in total. The molecule has 22 heavy (non-hydrogen) atoms. The van der Waals surface area contributed by atoms with Crippen LogP contribution < -0.4 is 0 Å². The van der Waals surface area contributed by atoms with Crippen molar-refractivity contribution in [2.75, 3.05) is 0 Å². The molecule has 0 amide bonds. The number of thioether (sulfide) groups is 1. The van der Waals surface area contributed by atoms with Crippen molar-refractivity contribution in [1.82, 2.24) is 14.8 Å². The lowest BCUT2D eigenvalue weighted by atomic mass is 10.1. The molecule has 1 heterocycles. The molecule has 0 radical (unpaired) electrons. The Kier molecular flexibility index (Phi) is 4.71. The standard InChI is InChI=1S/C18H17N3S/c1-2-9-17(15-10-5-3-6-11-15)22-18-20-19-14-21(18)16-12-7-4-8-13-16/h2-8,10-14,17H,1,9H2. The topological polar surface area (TPSA) is 30.7 Å². The third-order valence-corrected chi connectivity index (χ3v) is 4.59. The summed E-state index contributed by atoms with van der Waals surface area (Å²) in [6, 6.07) is 20.6. The van der Waals surface area contributed by atoms with Crippen molar-refractivity contribution in [2.24, 2.45) is 0 Å². The maximum atomic E-state index is 4.28. The highest BCUT2D eigenvalue weighted by Crippen LogP contribution is 2.37. The molecule has 110 valence electrons. The van der Waals surface area contributed by atoms with Crippen molar-refractivity contribution >= 4 is 11.8 Å². The van der Waals surface area contributed by atoms with Gasteiger partial charge >= 0.3 is 0 Å². The zero-order chi connectivity index (χ0) is 15.2. The Hall–Kier alpha value is -2.33. The Morgan fingerprint density at radius 1 is 1.05 bits per heavy atom. The second-order valence-electron chi connectivity index (χ2n) is 4.86. The van der Waals surface area contributed by atoms with Crippen LogP contribution in [0.25, 0.3) is 5.69 Å². The van der Waals surface area contributed by atoms with Crippen LogP contribution in [0.5, 0.6) is 0 Å². The molecule has 0 spiro atoms. The third kappa shape index (κ3) is 3.28. The van der Waals surface area contributed by atoms with E-state index in [-0.39, 0.29) is 5.25 Å². The van der Waals surface area contributed by atoms with Gasteiger partial charge in [-0.1, -0.05) is 66.4 Å². The van der Waals surface area contributed by atoms with Gasteiger partial charge in [-0.2, -0.15) is 0 Å². The zero-order valence-electron chi connectivity index (χ0n) is 12.2. The highest BCUT2D eigenvalue weighted by molar-refractivity contribution is 7.99. The number of rotatable bonds is 6. The number of hydrogen-bond acceptors (Lipinski definition) is 3. The molecule has 1 unspecified atom stereocenters. The first-order valence-electron chi connectivity index (χ1n) is 7.16. The summed E-state index contributed by atoms with van der Waals surface area (Å²) in [4.78, 5) is 0. The van der Waals surface area contributed by atoms with Gasteiger partial charge in [-0.25, -0.2) is 0 Å². The lowest BCUT2D eigenvalue weighted by Gasteiger charge is -2.15. The molecule has 0 aliphatic rings. The minimum Gasteiger partial charge on any atom is -0.277 e. The molecule has 4 heteroatoms. The lowest BCUT2D eigenvalue weighted by Crippen LogP contribution is -1.98. The van der Waals surface area contributed by atoms with Crippen LogP contribution in [0.3, 0.4) is 0 Å². The van der Waals surface area contributed by atoms with Gasteiger partial charge in [0.2, 0.25) is 0 Å². The molecule has 0 saturated carbocycles. The number of allylic oxidation sites excluding steroid dienone is 1. The molecule has 1 aromatic heterocycles. The summed E-state index contributed by atoms with van der Waals surface area (Å²) in [7, 11) is 0. The molecule has 0 saturated heterocycles. The normalized spacial score (nSPS) is 12.0. The average molecular weight is 307 g/mol. The van der Waals surface area contributed by atoms with Crippen LogP contribution in [0.2, 0.25) is 0 Å². The van der Waals surface area contributed by atoms with Crippen molar-refractivity contribution in [2.45, 2.75) is 16.8 Å². The minimum absolute atomic E-state index is 0.283. The van der Waals surface area contributed by atoms with Crippen molar-refractivity contribution in [1.29, 1.82) is 0 Å². The van der Waals surface area contributed by atoms with E-state index in [9.17, 15) is 0 Å². The van der Waals surface area contributed by atoms with Crippen LogP contribution >= 0.6 is 11.8 Å². The molecule has 0 aliphatic carbocycles. The van der Waals surface area contributed by atoms with E-state index in [2.05, 4.69) is 53.2 Å². The van der Waals surface area contributed by atoms with E-state index in [4.69, 9.17) is 0 Å². The zero-order valence-corrected chi connectivity index (χ0v) is 13.0. The predicted molar refractivity (Wildman–Crippen MR) is 91.2 cm³/mol. The smallest absolute Gasteiger partial charge is 0.196 e. The summed E-state index contributed by atoms with van der Waals surface area (Å²) in [5.41, 5.74) is 2.34. The first-order valence-corrected chi connectivity index (χ1v) is 8.04. The van der Waals surface area contributed by atoms with E-state index in [0.29, 0.717) is 0 Å². The third-order valence-electron chi connectivity index (χ3n) is 3.35. The summed E-state index contributed by atoms with van der Waals surface area (Å²) >= 11 is 1.71. The summed E-state index contributed by atoms with van der Waals surface area (Å²) in [6.07, 6.45) is 4.60. The Morgan fingerprint density at radius 2 is 1.73 bits per heavy atom. The number of aromatic nitrogens is 3. The van der Waals surface area contributed by atoms with Gasteiger partial charge in [-0.05, 0) is 24.1 Å². The first-order chi connectivity index (χ1) is 10.9. The van der Waals surface area contributed by atoms with Crippen molar-refractivity contribution in [3.63, 3.8) is 0 Å². The van der Waals surface area contributed by atoms with E-state index in [1.807, 2.05) is 34.9 Å². The monoisotopic (exact) mass is 307 g/mol. The van der Waals surface area contributed by atoms with Crippen LogP contribution in [0, 0.1) is 0 Å². The molecular weight excluding hydrogens is 290 g/mol. The van der Waals surface area contributed by atoms with Crippen LogP contribution in [0.15, 0.2) is 84.8 Å². The maximum Gasteiger partial charge on any atom is 0.196 e. The summed E-state index contributed by atoms with van der Waals surface area (Å²) < 4.78 is 2.02. The fourth-order valence-corrected chi connectivity index (χ4v) is 3.41. The fraction of sp³-hybridized carbons (Fsp3) is 0.111. The number of hydrogen-bond donors (Lipinski definition) is 0. The molecule has 0 aliphatic heterocycles. The summed E-state index contributed by atoms with van der Waals surface area (Å²) in [5.74, 6) is 0. The van der Waals surface area contributed by atoms with E-state index >= 15 is 0 Å². The van der Waals surface area contributed by atoms with Crippen LogP contribution in [0.1, 0.15) is 17.2 Å². The molecule has 2 aromatic carbocycles. The van der Waals surface area contributed by atoms with Gasteiger partial charge in [-0.15, -0.1) is 16.8 Å². The van der Waals surface area contributed by atoms with Gasteiger partial charge in [0.25, 0.3) is 0 Å². The van der Waals surface area contributed by atoms with Crippen LogP contribution in [-0.2, 0) is 0 Å². The van der Waals surface area contributed by atoms with Gasteiger partial charge in [0.05, 0.1) is 0 Å². The molecule has 1 atom stereocenters. The van der Waals surface area contributed by atoms with Crippen molar-refractivity contribution in [3.05, 3.63) is 85.2 Å². The quantitative estimate of drug-likeness (QED) is 0.489. The molecule has 3 aromatic rings. The van der Waals surface area contributed by atoms with E-state index in [1.54, 1.807) is 18.1 Å². The minimum atomic E-state index is 0.283. The van der Waals surface area contributed by atoms with Crippen molar-refractivity contribution < 1.29 is 0 Å². The Balaban J connectivity index is 1.88. The Bertz CT molecular complexity index is 722. The van der Waals surface area contributed by atoms with Crippen LogP contribution in [-0.4, -0.2) is 14.8 Å². The highest BCUT2D eigenvalue weighted by Gasteiger charge is 2.16. The average Bonchev–Trinajstić information content (AvgIpc) is 3.04. The van der Waals surface area contributed by atoms with E-state index < -0.39 is 0 Å². The van der Waals surface area contributed by atoms with Gasteiger partial charge in [-0.3, -0.25) is 4.57 Å². The Labute approximate surface area is 134 Å². The fourth-order valence-electron chi connectivity index (χ4n) is 2.27. The number of benzene rings is 2. The number of para-hydroxylation sites is 1. The lowest BCUT2D eigenvalue weighted by molar-refractivity contribution is 0.866. The second-order valence-corrected chi connectivity index (χ2v) is 6.03.